The average molecular weight is 220 g/mol. The van der Waals surface area contributed by atoms with Crippen LogP contribution in [-0.2, 0) is 11.2 Å². The number of anilines is 1. The van der Waals surface area contributed by atoms with Gasteiger partial charge in [-0.05, 0) is 36.1 Å². The Hall–Kier alpha value is -1.64. The highest BCUT2D eigenvalue weighted by Crippen LogP contribution is 2.16. The number of nitrogen functional groups attached to an aromatic ring is 1. The molecule has 0 saturated heterocycles. The number of hydrogen-bond acceptors (Lipinski definition) is 3. The number of benzene rings is 1. The van der Waals surface area contributed by atoms with E-state index in [-0.39, 0.29) is 0 Å². The van der Waals surface area contributed by atoms with Crippen molar-refractivity contribution in [2.24, 2.45) is 0 Å². The van der Waals surface area contributed by atoms with Gasteiger partial charge in [-0.2, -0.15) is 0 Å². The van der Waals surface area contributed by atoms with Crippen LogP contribution in [0.4, 0.5) is 5.69 Å². The molecule has 0 saturated carbocycles. The summed E-state index contributed by atoms with van der Waals surface area (Å²) in [6.45, 7) is 6.17. The second kappa shape index (κ2) is 7.63. The summed E-state index contributed by atoms with van der Waals surface area (Å²) in [4.78, 5) is 8.00. The standard InChI is InChI=1S/C12H18N2.CH2O/c1-3-5-11(13)10-6-7-12(14)9(4-2)8-10;1-2/h6-8,13H,3-5,14H2,1-2H3;1H2. The minimum absolute atomic E-state index is 0.710. The third-order valence-corrected chi connectivity index (χ3v) is 2.37. The summed E-state index contributed by atoms with van der Waals surface area (Å²) in [5.74, 6) is 0. The van der Waals surface area contributed by atoms with Gasteiger partial charge in [0.15, 0.2) is 0 Å². The van der Waals surface area contributed by atoms with Crippen molar-refractivity contribution >= 4 is 18.2 Å². The van der Waals surface area contributed by atoms with Crippen LogP contribution in [0.5, 0.6) is 0 Å². The van der Waals surface area contributed by atoms with Crippen LogP contribution in [0.25, 0.3) is 0 Å². The molecule has 0 amide bonds. The predicted molar refractivity (Wildman–Crippen MR) is 69.1 cm³/mol. The Morgan fingerprint density at radius 2 is 2.00 bits per heavy atom. The van der Waals surface area contributed by atoms with Crippen LogP contribution >= 0.6 is 0 Å². The van der Waals surface area contributed by atoms with Crippen molar-refractivity contribution in [3.8, 4) is 0 Å². The normalized spacial score (nSPS) is 9.12. The van der Waals surface area contributed by atoms with Crippen molar-refractivity contribution < 1.29 is 4.79 Å². The number of nitrogens with one attached hydrogen (secondary N) is 1. The molecule has 0 aliphatic carbocycles. The Balaban J connectivity index is 0.00000106. The van der Waals surface area contributed by atoms with E-state index in [0.29, 0.717) is 5.71 Å². The lowest BCUT2D eigenvalue weighted by Crippen LogP contribution is -2.01. The zero-order valence-electron chi connectivity index (χ0n) is 10.0. The largest absolute Gasteiger partial charge is 0.399 e. The number of nitrogens with two attached hydrogens (primary N) is 1. The van der Waals surface area contributed by atoms with E-state index in [1.165, 1.54) is 0 Å². The molecule has 1 aromatic rings. The smallest absolute Gasteiger partial charge is 0.106 e. The molecule has 0 aliphatic rings. The van der Waals surface area contributed by atoms with Crippen LogP contribution in [0.2, 0.25) is 0 Å². The van der Waals surface area contributed by atoms with E-state index in [4.69, 9.17) is 15.9 Å². The van der Waals surface area contributed by atoms with E-state index in [2.05, 4.69) is 13.8 Å². The summed E-state index contributed by atoms with van der Waals surface area (Å²) in [5, 5.41) is 7.83. The number of aryl methyl sites for hydroxylation is 1. The molecule has 0 atom stereocenters. The average Bonchev–Trinajstić information content (AvgIpc) is 2.32. The van der Waals surface area contributed by atoms with Gasteiger partial charge in [-0.3, -0.25) is 0 Å². The van der Waals surface area contributed by atoms with Gasteiger partial charge >= 0.3 is 0 Å². The second-order valence-corrected chi connectivity index (χ2v) is 3.50. The minimum Gasteiger partial charge on any atom is -0.399 e. The molecule has 88 valence electrons. The van der Waals surface area contributed by atoms with Gasteiger partial charge in [-0.25, -0.2) is 0 Å². The Morgan fingerprint density at radius 3 is 2.50 bits per heavy atom. The van der Waals surface area contributed by atoms with Gasteiger partial charge in [0.1, 0.15) is 6.79 Å². The first kappa shape index (κ1) is 14.4. The molecular weight excluding hydrogens is 200 g/mol. The van der Waals surface area contributed by atoms with Gasteiger partial charge in [0, 0.05) is 11.4 Å². The van der Waals surface area contributed by atoms with Crippen molar-refractivity contribution in [1.82, 2.24) is 0 Å². The number of carbonyl (C=O) groups excluding carboxylic acids is 1. The van der Waals surface area contributed by atoms with E-state index in [9.17, 15) is 0 Å². The molecule has 0 aliphatic heterocycles. The maximum absolute atomic E-state index is 8.00. The Kier molecular flexibility index (Phi) is 6.84. The highest BCUT2D eigenvalue weighted by molar-refractivity contribution is 5.98. The third-order valence-electron chi connectivity index (χ3n) is 2.37. The van der Waals surface area contributed by atoms with E-state index >= 15 is 0 Å². The number of rotatable bonds is 4. The summed E-state index contributed by atoms with van der Waals surface area (Å²) < 4.78 is 0. The van der Waals surface area contributed by atoms with Crippen molar-refractivity contribution in [2.45, 2.75) is 33.1 Å². The van der Waals surface area contributed by atoms with E-state index in [0.717, 1.165) is 36.1 Å². The fourth-order valence-electron chi connectivity index (χ4n) is 1.49. The first-order valence-corrected chi connectivity index (χ1v) is 5.44. The van der Waals surface area contributed by atoms with Crippen LogP contribution in [0, 0.1) is 5.41 Å². The predicted octanol–water partition coefficient (Wildman–Crippen LogP) is 2.81. The topological polar surface area (TPSA) is 66.9 Å². The lowest BCUT2D eigenvalue weighted by molar-refractivity contribution is -0.0979. The molecule has 0 bridgehead atoms. The van der Waals surface area contributed by atoms with E-state index in [1.54, 1.807) is 0 Å². The number of carbonyl (C=O) groups is 1. The zero-order valence-corrected chi connectivity index (χ0v) is 10.0. The van der Waals surface area contributed by atoms with Crippen LogP contribution in [0.3, 0.4) is 0 Å². The first-order chi connectivity index (χ1) is 7.69. The van der Waals surface area contributed by atoms with Gasteiger partial charge in [0.25, 0.3) is 0 Å². The van der Waals surface area contributed by atoms with Gasteiger partial charge in [0.2, 0.25) is 0 Å². The van der Waals surface area contributed by atoms with E-state index < -0.39 is 0 Å². The van der Waals surface area contributed by atoms with Gasteiger partial charge < -0.3 is 15.9 Å². The summed E-state index contributed by atoms with van der Waals surface area (Å²) in [6, 6.07) is 5.87. The molecule has 1 aromatic carbocycles. The SMILES string of the molecule is C=O.CCCC(=N)c1ccc(N)c(CC)c1. The van der Waals surface area contributed by atoms with Crippen LogP contribution in [0.15, 0.2) is 18.2 Å². The van der Waals surface area contributed by atoms with Gasteiger partial charge in [0.05, 0.1) is 0 Å². The molecule has 0 spiro atoms. The molecule has 0 aromatic heterocycles. The molecule has 0 unspecified atom stereocenters. The summed E-state index contributed by atoms with van der Waals surface area (Å²) >= 11 is 0. The molecular formula is C13H20N2O. The molecule has 3 nitrogen and oxygen atoms in total. The maximum Gasteiger partial charge on any atom is 0.106 e. The Bertz CT molecular complexity index is 348. The second-order valence-electron chi connectivity index (χ2n) is 3.50. The molecule has 0 radical (unpaired) electrons. The Morgan fingerprint density at radius 1 is 1.38 bits per heavy atom. The zero-order chi connectivity index (χ0) is 12.6. The fourth-order valence-corrected chi connectivity index (χ4v) is 1.49. The summed E-state index contributed by atoms with van der Waals surface area (Å²) in [7, 11) is 0. The molecule has 0 heterocycles. The first-order valence-electron chi connectivity index (χ1n) is 5.44. The van der Waals surface area contributed by atoms with Crippen molar-refractivity contribution in [3.63, 3.8) is 0 Å². The lowest BCUT2D eigenvalue weighted by Gasteiger charge is -2.07. The molecule has 0 fully saturated rings. The quantitative estimate of drug-likeness (QED) is 0.605. The van der Waals surface area contributed by atoms with Crippen molar-refractivity contribution in [3.05, 3.63) is 29.3 Å². The highest BCUT2D eigenvalue weighted by atomic mass is 16.1. The lowest BCUT2D eigenvalue weighted by atomic mass is 10.0. The molecule has 3 N–H and O–H groups in total. The van der Waals surface area contributed by atoms with Crippen LogP contribution < -0.4 is 5.73 Å². The van der Waals surface area contributed by atoms with Crippen molar-refractivity contribution in [2.75, 3.05) is 5.73 Å². The van der Waals surface area contributed by atoms with Gasteiger partial charge in [-0.1, -0.05) is 26.3 Å². The van der Waals surface area contributed by atoms with Crippen LogP contribution in [0.1, 0.15) is 37.8 Å². The third kappa shape index (κ3) is 3.85. The Labute approximate surface area is 97.2 Å². The van der Waals surface area contributed by atoms with Gasteiger partial charge in [-0.15, -0.1) is 0 Å². The number of hydrogen-bond donors (Lipinski definition) is 2. The minimum atomic E-state index is 0.710. The van der Waals surface area contributed by atoms with E-state index in [1.807, 2.05) is 25.0 Å². The summed E-state index contributed by atoms with van der Waals surface area (Å²) in [5.41, 5.74) is 9.50. The summed E-state index contributed by atoms with van der Waals surface area (Å²) in [6.07, 6.45) is 2.79. The molecule has 1 rings (SSSR count). The molecule has 16 heavy (non-hydrogen) atoms. The molecule has 3 heteroatoms. The monoisotopic (exact) mass is 220 g/mol. The van der Waals surface area contributed by atoms with Crippen LogP contribution in [-0.4, -0.2) is 12.5 Å². The maximum atomic E-state index is 8.00. The van der Waals surface area contributed by atoms with Crippen molar-refractivity contribution in [1.29, 1.82) is 5.41 Å². The highest BCUT2D eigenvalue weighted by Gasteiger charge is 2.03. The fraction of sp³-hybridized carbons (Fsp3) is 0.385.